The predicted molar refractivity (Wildman–Crippen MR) is 96.8 cm³/mol. The van der Waals surface area contributed by atoms with Crippen molar-refractivity contribution in [3.63, 3.8) is 0 Å². The van der Waals surface area contributed by atoms with Crippen LogP contribution in [0.15, 0.2) is 30.3 Å². The third kappa shape index (κ3) is 3.54. The Kier molecular flexibility index (Phi) is 4.44. The number of aromatic nitrogens is 2. The van der Waals surface area contributed by atoms with E-state index >= 15 is 0 Å². The number of anilines is 2. The van der Waals surface area contributed by atoms with Crippen molar-refractivity contribution in [3.05, 3.63) is 41.6 Å². The van der Waals surface area contributed by atoms with Crippen molar-refractivity contribution in [3.8, 4) is 5.75 Å². The zero-order valence-electron chi connectivity index (χ0n) is 14.5. The van der Waals surface area contributed by atoms with Gasteiger partial charge in [-0.3, -0.25) is 0 Å². The van der Waals surface area contributed by atoms with Gasteiger partial charge in [-0.05, 0) is 25.3 Å². The Balaban J connectivity index is 1.64. The van der Waals surface area contributed by atoms with Gasteiger partial charge in [-0.15, -0.1) is 0 Å². The van der Waals surface area contributed by atoms with Crippen LogP contribution < -0.4 is 15.4 Å². The maximum Gasteiger partial charge on any atom is 0.222 e. The van der Waals surface area contributed by atoms with E-state index in [1.165, 1.54) is 12.8 Å². The van der Waals surface area contributed by atoms with Crippen molar-refractivity contribution in [1.29, 1.82) is 0 Å². The van der Waals surface area contributed by atoms with Gasteiger partial charge in [0.1, 0.15) is 11.6 Å². The lowest BCUT2D eigenvalue weighted by Crippen LogP contribution is -2.27. The number of nitrogens with two attached hydrogens (primary N) is 1. The van der Waals surface area contributed by atoms with E-state index in [0.29, 0.717) is 24.5 Å². The molecule has 1 aromatic carbocycles. The lowest BCUT2D eigenvalue weighted by atomic mass is 10.0. The first-order valence-corrected chi connectivity index (χ1v) is 8.85. The Bertz CT molecular complexity index is 742. The highest BCUT2D eigenvalue weighted by Gasteiger charge is 2.32. The molecule has 25 heavy (non-hydrogen) atoms. The molecule has 1 aliphatic heterocycles. The van der Waals surface area contributed by atoms with Crippen molar-refractivity contribution in [2.24, 2.45) is 0 Å². The zero-order chi connectivity index (χ0) is 17.2. The van der Waals surface area contributed by atoms with E-state index in [4.69, 9.17) is 15.2 Å². The number of para-hydroxylation sites is 1. The normalized spacial score (nSPS) is 19.8. The highest BCUT2D eigenvalue weighted by Crippen LogP contribution is 2.35. The van der Waals surface area contributed by atoms with Gasteiger partial charge in [0.25, 0.3) is 0 Å². The van der Waals surface area contributed by atoms with E-state index in [1.54, 1.807) is 7.11 Å². The highest BCUT2D eigenvalue weighted by atomic mass is 16.5. The number of methoxy groups -OCH3 is 1. The average molecular weight is 340 g/mol. The molecule has 1 atom stereocenters. The number of hydrogen-bond donors (Lipinski definition) is 1. The van der Waals surface area contributed by atoms with Crippen LogP contribution in [0.5, 0.6) is 5.75 Å². The molecule has 0 radical (unpaired) electrons. The van der Waals surface area contributed by atoms with Crippen molar-refractivity contribution in [1.82, 2.24) is 9.97 Å². The fraction of sp³-hybridized carbons (Fsp3) is 0.474. The summed E-state index contributed by atoms with van der Waals surface area (Å²) in [5.41, 5.74) is 8.16. The second kappa shape index (κ2) is 6.88. The van der Waals surface area contributed by atoms with Gasteiger partial charge >= 0.3 is 0 Å². The summed E-state index contributed by atoms with van der Waals surface area (Å²) >= 11 is 0. The van der Waals surface area contributed by atoms with Gasteiger partial charge in [-0.1, -0.05) is 18.2 Å². The Hall–Kier alpha value is -2.34. The van der Waals surface area contributed by atoms with E-state index in [1.807, 2.05) is 18.2 Å². The van der Waals surface area contributed by atoms with Gasteiger partial charge < -0.3 is 20.1 Å². The fourth-order valence-corrected chi connectivity index (χ4v) is 3.40. The van der Waals surface area contributed by atoms with E-state index in [9.17, 15) is 0 Å². The number of nitrogens with zero attached hydrogens (tertiary/aromatic N) is 3. The summed E-state index contributed by atoms with van der Waals surface area (Å²) in [5.74, 6) is 2.46. The van der Waals surface area contributed by atoms with Crippen LogP contribution in [0.25, 0.3) is 0 Å². The molecule has 0 bridgehead atoms. The van der Waals surface area contributed by atoms with Gasteiger partial charge in [-0.2, -0.15) is 4.98 Å². The molecule has 2 aliphatic rings. The van der Waals surface area contributed by atoms with Crippen molar-refractivity contribution >= 4 is 11.8 Å². The molecule has 0 spiro atoms. The molecule has 2 heterocycles. The van der Waals surface area contributed by atoms with Gasteiger partial charge in [0, 0.05) is 36.7 Å². The molecule has 1 saturated heterocycles. The number of hydrogen-bond acceptors (Lipinski definition) is 6. The zero-order valence-corrected chi connectivity index (χ0v) is 14.5. The molecule has 4 rings (SSSR count). The maximum absolute atomic E-state index is 6.02. The molecular formula is C19H24N4O2. The summed E-state index contributed by atoms with van der Waals surface area (Å²) in [6, 6.07) is 10.7. The predicted octanol–water partition coefficient (Wildman–Crippen LogP) is 2.74. The van der Waals surface area contributed by atoms with E-state index in [2.05, 4.69) is 27.0 Å². The Morgan fingerprint density at radius 3 is 2.80 bits per heavy atom. The topological polar surface area (TPSA) is 73.5 Å². The van der Waals surface area contributed by atoms with Crippen LogP contribution in [0.3, 0.4) is 0 Å². The summed E-state index contributed by atoms with van der Waals surface area (Å²) in [5, 5.41) is 0. The maximum atomic E-state index is 6.02. The van der Waals surface area contributed by atoms with Crippen LogP contribution in [0.4, 0.5) is 11.8 Å². The molecule has 2 aromatic rings. The summed E-state index contributed by atoms with van der Waals surface area (Å²) in [6.07, 6.45) is 3.35. The van der Waals surface area contributed by atoms with Crippen LogP contribution in [0.2, 0.25) is 0 Å². The van der Waals surface area contributed by atoms with Gasteiger partial charge in [0.2, 0.25) is 5.95 Å². The molecule has 132 valence electrons. The first kappa shape index (κ1) is 16.1. The molecule has 6 heteroatoms. The molecular weight excluding hydrogens is 316 g/mol. The van der Waals surface area contributed by atoms with Crippen LogP contribution in [-0.4, -0.2) is 36.3 Å². The summed E-state index contributed by atoms with van der Waals surface area (Å²) < 4.78 is 11.0. The molecule has 1 aromatic heterocycles. The van der Waals surface area contributed by atoms with Crippen LogP contribution in [-0.2, 0) is 11.3 Å². The largest absolute Gasteiger partial charge is 0.496 e. The van der Waals surface area contributed by atoms with Crippen molar-refractivity contribution in [2.75, 3.05) is 31.0 Å². The van der Waals surface area contributed by atoms with Crippen LogP contribution in [0.1, 0.15) is 36.4 Å². The Morgan fingerprint density at radius 1 is 1.24 bits per heavy atom. The number of nitrogen functional groups attached to an aromatic ring is 1. The Labute approximate surface area is 148 Å². The first-order valence-electron chi connectivity index (χ1n) is 8.85. The third-order valence-electron chi connectivity index (χ3n) is 4.91. The summed E-state index contributed by atoms with van der Waals surface area (Å²) in [4.78, 5) is 11.3. The molecule has 1 aliphatic carbocycles. The minimum Gasteiger partial charge on any atom is -0.496 e. The number of ether oxygens (including phenoxy) is 2. The molecule has 6 nitrogen and oxygen atoms in total. The second-order valence-electron chi connectivity index (χ2n) is 6.74. The molecule has 1 saturated carbocycles. The minimum absolute atomic E-state index is 0.316. The van der Waals surface area contributed by atoms with E-state index < -0.39 is 0 Å². The van der Waals surface area contributed by atoms with E-state index in [0.717, 1.165) is 42.4 Å². The van der Waals surface area contributed by atoms with Crippen molar-refractivity contribution in [2.45, 2.75) is 37.8 Å². The second-order valence-corrected chi connectivity index (χ2v) is 6.74. The van der Waals surface area contributed by atoms with Gasteiger partial charge in [0.15, 0.2) is 0 Å². The number of rotatable bonds is 6. The third-order valence-corrected chi connectivity index (χ3v) is 4.91. The standard InChI is InChI=1S/C19H24N4O2/c1-24-17-5-3-2-4-13(17)11-23(15-6-7-15)18-10-16(21-19(20)22-18)14-8-9-25-12-14/h2-5,10,14-15H,6-9,11-12H2,1H3,(H2,20,21,22)/t14-/m0/s1. The highest BCUT2D eigenvalue weighted by molar-refractivity contribution is 5.48. The van der Waals surface area contributed by atoms with Crippen molar-refractivity contribution < 1.29 is 9.47 Å². The molecule has 0 amide bonds. The van der Waals surface area contributed by atoms with Crippen LogP contribution >= 0.6 is 0 Å². The lowest BCUT2D eigenvalue weighted by molar-refractivity contribution is 0.193. The molecule has 2 fully saturated rings. The quantitative estimate of drug-likeness (QED) is 0.872. The number of benzene rings is 1. The average Bonchev–Trinajstić information content (AvgIpc) is 3.31. The minimum atomic E-state index is 0.316. The van der Waals surface area contributed by atoms with E-state index in [-0.39, 0.29) is 0 Å². The van der Waals surface area contributed by atoms with Gasteiger partial charge in [-0.25, -0.2) is 4.98 Å². The Morgan fingerprint density at radius 2 is 2.08 bits per heavy atom. The molecule has 2 N–H and O–H groups in total. The molecule has 0 unspecified atom stereocenters. The SMILES string of the molecule is COc1ccccc1CN(c1cc([C@H]2CCOC2)nc(N)n1)C1CC1. The van der Waals surface area contributed by atoms with Crippen LogP contribution in [0, 0.1) is 0 Å². The fourth-order valence-electron chi connectivity index (χ4n) is 3.40. The lowest BCUT2D eigenvalue weighted by Gasteiger charge is -2.25. The monoisotopic (exact) mass is 340 g/mol. The smallest absolute Gasteiger partial charge is 0.222 e. The first-order chi connectivity index (χ1) is 12.2. The summed E-state index contributed by atoms with van der Waals surface area (Å²) in [7, 11) is 1.71. The van der Waals surface area contributed by atoms with Gasteiger partial charge in [0.05, 0.1) is 19.4 Å². The summed E-state index contributed by atoms with van der Waals surface area (Å²) in [6.45, 7) is 2.26.